The Morgan fingerprint density at radius 2 is 2.00 bits per heavy atom. The number of furan rings is 1. The molecular formula is C14H13N3O4S. The number of H-pyrrole nitrogens is 1. The normalized spacial score (nSPS) is 11.6. The molecule has 0 aliphatic heterocycles. The van der Waals surface area contributed by atoms with E-state index in [-0.39, 0.29) is 12.1 Å². The second kappa shape index (κ2) is 5.66. The lowest BCUT2D eigenvalue weighted by Gasteiger charge is -2.06. The van der Waals surface area contributed by atoms with Gasteiger partial charge in [0.2, 0.25) is 0 Å². The first-order valence-electron chi connectivity index (χ1n) is 6.45. The molecule has 3 rings (SSSR count). The number of aromatic nitrogens is 1. The zero-order valence-electron chi connectivity index (χ0n) is 11.4. The molecule has 0 saturated carbocycles. The molecule has 0 bridgehead atoms. The topological polar surface area (TPSA) is 104 Å². The molecule has 22 heavy (non-hydrogen) atoms. The summed E-state index contributed by atoms with van der Waals surface area (Å²) in [6.07, 6.45) is 2.91. The van der Waals surface area contributed by atoms with Gasteiger partial charge < -0.3 is 9.40 Å². The van der Waals surface area contributed by atoms with Crippen molar-refractivity contribution in [1.82, 2.24) is 14.4 Å². The molecule has 114 valence electrons. The highest BCUT2D eigenvalue weighted by Gasteiger charge is 2.18. The van der Waals surface area contributed by atoms with Crippen molar-refractivity contribution in [2.75, 3.05) is 0 Å². The molecule has 7 nitrogen and oxygen atoms in total. The minimum Gasteiger partial charge on any atom is -0.468 e. The summed E-state index contributed by atoms with van der Waals surface area (Å²) in [5.41, 5.74) is 1.02. The summed E-state index contributed by atoms with van der Waals surface area (Å²) in [4.78, 5) is 15.0. The van der Waals surface area contributed by atoms with Crippen molar-refractivity contribution in [3.05, 3.63) is 60.2 Å². The van der Waals surface area contributed by atoms with Gasteiger partial charge in [0.15, 0.2) is 0 Å². The molecule has 1 aromatic carbocycles. The highest BCUT2D eigenvalue weighted by atomic mass is 32.2. The molecule has 0 radical (unpaired) electrons. The summed E-state index contributed by atoms with van der Waals surface area (Å²) >= 11 is 0. The van der Waals surface area contributed by atoms with E-state index in [2.05, 4.69) is 9.71 Å². The van der Waals surface area contributed by atoms with Crippen LogP contribution in [0.1, 0.15) is 16.1 Å². The summed E-state index contributed by atoms with van der Waals surface area (Å²) in [7, 11) is -3.98. The van der Waals surface area contributed by atoms with Crippen molar-refractivity contribution in [2.24, 2.45) is 0 Å². The van der Waals surface area contributed by atoms with Gasteiger partial charge in [-0.1, -0.05) is 18.2 Å². The lowest BCUT2D eigenvalue weighted by Crippen LogP contribution is -2.39. The third-order valence-electron chi connectivity index (χ3n) is 3.08. The highest BCUT2D eigenvalue weighted by molar-refractivity contribution is 7.88. The van der Waals surface area contributed by atoms with Crippen molar-refractivity contribution in [2.45, 2.75) is 6.54 Å². The maximum atomic E-state index is 12.1. The predicted octanol–water partition coefficient (Wildman–Crippen LogP) is 1.53. The Labute approximate surface area is 126 Å². The lowest BCUT2D eigenvalue weighted by molar-refractivity contribution is 0.0982. The molecule has 2 heterocycles. The summed E-state index contributed by atoms with van der Waals surface area (Å²) in [5, 5.41) is 0.654. The average Bonchev–Trinajstić information content (AvgIpc) is 3.14. The molecular weight excluding hydrogens is 306 g/mol. The van der Waals surface area contributed by atoms with Gasteiger partial charge in [0, 0.05) is 17.1 Å². The monoisotopic (exact) mass is 319 g/mol. The van der Waals surface area contributed by atoms with Crippen LogP contribution in [-0.2, 0) is 16.8 Å². The Bertz CT molecular complexity index is 897. The van der Waals surface area contributed by atoms with Gasteiger partial charge in [0.1, 0.15) is 5.76 Å². The van der Waals surface area contributed by atoms with Crippen LogP contribution in [0.15, 0.2) is 53.3 Å². The van der Waals surface area contributed by atoms with E-state index in [1.54, 1.807) is 30.3 Å². The molecule has 0 aliphatic carbocycles. The molecule has 0 aliphatic rings. The van der Waals surface area contributed by atoms with Crippen LogP contribution in [0.2, 0.25) is 0 Å². The highest BCUT2D eigenvalue weighted by Crippen LogP contribution is 2.17. The second-order valence-corrected chi connectivity index (χ2v) is 6.08. The van der Waals surface area contributed by atoms with Gasteiger partial charge in [-0.25, -0.2) is 4.72 Å². The fourth-order valence-electron chi connectivity index (χ4n) is 2.05. The number of benzene rings is 1. The number of para-hydroxylation sites is 1. The van der Waals surface area contributed by atoms with Crippen molar-refractivity contribution >= 4 is 27.0 Å². The quantitative estimate of drug-likeness (QED) is 0.663. The third-order valence-corrected chi connectivity index (χ3v) is 4.06. The van der Waals surface area contributed by atoms with E-state index in [4.69, 9.17) is 4.42 Å². The fraction of sp³-hybridized carbons (Fsp3) is 0.0714. The predicted molar refractivity (Wildman–Crippen MR) is 80.2 cm³/mol. The van der Waals surface area contributed by atoms with Crippen LogP contribution in [-0.4, -0.2) is 19.3 Å². The van der Waals surface area contributed by atoms with Crippen LogP contribution in [0, 0.1) is 0 Å². The maximum Gasteiger partial charge on any atom is 0.301 e. The van der Waals surface area contributed by atoms with Gasteiger partial charge in [-0.15, -0.1) is 0 Å². The first-order chi connectivity index (χ1) is 10.6. The second-order valence-electron chi connectivity index (χ2n) is 4.58. The van der Waals surface area contributed by atoms with Crippen LogP contribution in [0.25, 0.3) is 10.9 Å². The fourth-order valence-corrected chi connectivity index (χ4v) is 2.81. The molecule has 1 amide bonds. The summed E-state index contributed by atoms with van der Waals surface area (Å²) < 4.78 is 33.0. The van der Waals surface area contributed by atoms with Crippen LogP contribution < -0.4 is 9.44 Å². The molecule has 0 spiro atoms. The Morgan fingerprint density at radius 1 is 1.18 bits per heavy atom. The van der Waals surface area contributed by atoms with E-state index in [0.717, 1.165) is 5.52 Å². The zero-order chi connectivity index (χ0) is 15.6. The molecule has 3 aromatic rings. The van der Waals surface area contributed by atoms with Gasteiger partial charge in [-0.05, 0) is 18.2 Å². The summed E-state index contributed by atoms with van der Waals surface area (Å²) in [6, 6.07) is 10.4. The zero-order valence-corrected chi connectivity index (χ0v) is 12.2. The van der Waals surface area contributed by atoms with E-state index in [1.807, 2.05) is 10.8 Å². The van der Waals surface area contributed by atoms with Crippen molar-refractivity contribution in [3.63, 3.8) is 0 Å². The third kappa shape index (κ3) is 3.02. The first-order valence-corrected chi connectivity index (χ1v) is 7.94. The SMILES string of the molecule is O=C(NS(=O)(=O)NCc1ccco1)c1c[nH]c2ccccc12. The van der Waals surface area contributed by atoms with E-state index in [0.29, 0.717) is 11.1 Å². The van der Waals surface area contributed by atoms with Gasteiger partial charge in [-0.2, -0.15) is 13.1 Å². The number of hydrogen-bond acceptors (Lipinski definition) is 4. The van der Waals surface area contributed by atoms with Crippen LogP contribution >= 0.6 is 0 Å². The number of fused-ring (bicyclic) bond motifs is 1. The standard InChI is InChI=1S/C14H13N3O4S/c18-14(12-9-15-13-6-2-1-5-11(12)13)17-22(19,20)16-8-10-4-3-7-21-10/h1-7,9,15-16H,8H2,(H,17,18). The Hall–Kier alpha value is -2.58. The number of amides is 1. The Morgan fingerprint density at radius 3 is 2.77 bits per heavy atom. The van der Waals surface area contributed by atoms with E-state index in [1.165, 1.54) is 12.5 Å². The van der Waals surface area contributed by atoms with Crippen LogP contribution in [0.5, 0.6) is 0 Å². The Kier molecular flexibility index (Phi) is 3.70. The molecule has 0 atom stereocenters. The molecule has 0 unspecified atom stereocenters. The van der Waals surface area contributed by atoms with Crippen LogP contribution in [0.3, 0.4) is 0 Å². The van der Waals surface area contributed by atoms with Crippen molar-refractivity contribution < 1.29 is 17.6 Å². The minimum atomic E-state index is -3.98. The van der Waals surface area contributed by atoms with Gasteiger partial charge >= 0.3 is 10.2 Å². The summed E-state index contributed by atoms with van der Waals surface area (Å²) in [6.45, 7) is -0.0382. The molecule has 0 fully saturated rings. The Balaban J connectivity index is 1.73. The van der Waals surface area contributed by atoms with Gasteiger partial charge in [0.05, 0.1) is 18.4 Å². The number of nitrogens with one attached hydrogen (secondary N) is 3. The summed E-state index contributed by atoms with van der Waals surface area (Å²) in [5.74, 6) is -0.255. The van der Waals surface area contributed by atoms with Crippen LogP contribution in [0.4, 0.5) is 0 Å². The molecule has 0 saturated heterocycles. The van der Waals surface area contributed by atoms with E-state index < -0.39 is 16.1 Å². The van der Waals surface area contributed by atoms with Crippen molar-refractivity contribution in [3.8, 4) is 0 Å². The van der Waals surface area contributed by atoms with Gasteiger partial charge in [0.25, 0.3) is 5.91 Å². The minimum absolute atomic E-state index is 0.0382. The number of hydrogen-bond donors (Lipinski definition) is 3. The first kappa shape index (κ1) is 14.4. The molecule has 8 heteroatoms. The number of rotatable bonds is 5. The van der Waals surface area contributed by atoms with Gasteiger partial charge in [-0.3, -0.25) is 4.79 Å². The van der Waals surface area contributed by atoms with Crippen molar-refractivity contribution in [1.29, 1.82) is 0 Å². The number of carbonyl (C=O) groups is 1. The largest absolute Gasteiger partial charge is 0.468 e. The van der Waals surface area contributed by atoms with E-state index in [9.17, 15) is 13.2 Å². The lowest BCUT2D eigenvalue weighted by atomic mass is 10.2. The number of carbonyl (C=O) groups excluding carboxylic acids is 1. The smallest absolute Gasteiger partial charge is 0.301 e. The maximum absolute atomic E-state index is 12.1. The average molecular weight is 319 g/mol. The number of aromatic amines is 1. The molecule has 3 N–H and O–H groups in total. The van der Waals surface area contributed by atoms with E-state index >= 15 is 0 Å². The molecule has 2 aromatic heterocycles.